The van der Waals surface area contributed by atoms with Gasteiger partial charge in [-0.2, -0.15) is 0 Å². The average molecular weight is 853 g/mol. The summed E-state index contributed by atoms with van der Waals surface area (Å²) in [6.07, 6.45) is -10.5. The summed E-state index contributed by atoms with van der Waals surface area (Å²) in [7, 11) is 0. The monoisotopic (exact) mass is 852 g/mol. The average Bonchev–Trinajstić information content (AvgIpc) is 3.13. The van der Waals surface area contributed by atoms with Gasteiger partial charge < -0.3 is 69.4 Å². The molecule has 322 valence electrons. The van der Waals surface area contributed by atoms with E-state index >= 15 is 0 Å². The molecule has 0 bridgehead atoms. The Kier molecular flexibility index (Phi) is 14.4. The van der Waals surface area contributed by atoms with Gasteiger partial charge in [0.05, 0.1) is 18.7 Å². The van der Waals surface area contributed by atoms with Gasteiger partial charge in [-0.25, -0.2) is 0 Å². The van der Waals surface area contributed by atoms with Crippen molar-refractivity contribution in [3.8, 4) is 0 Å². The molecule has 19 atom stereocenters. The fourth-order valence-electron chi connectivity index (χ4n) is 13.4. The van der Waals surface area contributed by atoms with Gasteiger partial charge in [0.25, 0.3) is 0 Å². The molecule has 0 spiro atoms. The molecule has 4 saturated carbocycles. The molecular formula is C42H62Na2O15. The number of allylic oxidation sites excluding steroid dienone is 2. The third-order valence-electron chi connectivity index (χ3n) is 17.2. The molecule has 5 aliphatic carbocycles. The maximum absolute atomic E-state index is 14.8. The van der Waals surface area contributed by atoms with Crippen molar-refractivity contribution in [3.05, 3.63) is 11.6 Å². The van der Waals surface area contributed by atoms with E-state index in [0.717, 1.165) is 37.7 Å². The topological polar surface area (TPSA) is 256 Å². The molecule has 0 unspecified atom stereocenters. The SMILES string of the molecule is CC1(C)[C@@H](O[C@H]2O[C@H](C(=O)[O-])[C@@H](O)[C@H](O)[C@H]2O[C@@H]2O[C@H](CO)[C@@H](O)[C@H](O)[C@H]2O)CC[C@]2(C)[C@H]3C(=O)C=C4[C@@H]5C[C@@](C)(C(=O)[O-])CC[C@]5(C)CC[C@@]4(C)[C@]3(C)CC[C@@H]12.[Na+].[Na+]. The number of carbonyl (C=O) groups excluding carboxylic acids is 3. The Morgan fingerprint density at radius 1 is 0.780 bits per heavy atom. The zero-order valence-electron chi connectivity index (χ0n) is 36.1. The second kappa shape index (κ2) is 17.1. The molecule has 15 nitrogen and oxygen atoms in total. The van der Waals surface area contributed by atoms with Crippen LogP contribution in [0.4, 0.5) is 0 Å². The van der Waals surface area contributed by atoms with Crippen molar-refractivity contribution in [1.29, 1.82) is 0 Å². The smallest absolute Gasteiger partial charge is 0.550 e. The summed E-state index contributed by atoms with van der Waals surface area (Å²) >= 11 is 0. The van der Waals surface area contributed by atoms with Crippen LogP contribution in [-0.2, 0) is 33.3 Å². The Labute approximate surface area is 390 Å². The van der Waals surface area contributed by atoms with E-state index in [0.29, 0.717) is 25.7 Å². The summed E-state index contributed by atoms with van der Waals surface area (Å²) in [4.78, 5) is 39.3. The van der Waals surface area contributed by atoms with Crippen molar-refractivity contribution in [2.24, 2.45) is 50.2 Å². The van der Waals surface area contributed by atoms with E-state index in [9.17, 15) is 55.2 Å². The number of carboxylic acids is 2. The van der Waals surface area contributed by atoms with Crippen LogP contribution in [0.3, 0.4) is 0 Å². The Balaban J connectivity index is 0.00000331. The van der Waals surface area contributed by atoms with Gasteiger partial charge >= 0.3 is 59.1 Å². The van der Waals surface area contributed by atoms with Crippen LogP contribution in [0.15, 0.2) is 11.6 Å². The number of aliphatic carboxylic acids is 2. The quantitative estimate of drug-likeness (QED) is 0.103. The van der Waals surface area contributed by atoms with Crippen LogP contribution in [-0.4, -0.2) is 122 Å². The molecule has 0 aromatic heterocycles. The summed E-state index contributed by atoms with van der Waals surface area (Å²) in [5, 5.41) is 87.5. The molecule has 0 aromatic rings. The van der Waals surface area contributed by atoms with Gasteiger partial charge in [0.1, 0.15) is 48.8 Å². The van der Waals surface area contributed by atoms with E-state index in [1.807, 2.05) is 19.9 Å². The van der Waals surface area contributed by atoms with Crippen LogP contribution in [0.1, 0.15) is 106 Å². The van der Waals surface area contributed by atoms with E-state index in [2.05, 4.69) is 27.7 Å². The van der Waals surface area contributed by atoms with Crippen molar-refractivity contribution < 1.29 is 133 Å². The maximum Gasteiger partial charge on any atom is 1.00 e. The van der Waals surface area contributed by atoms with Crippen LogP contribution in [0.2, 0.25) is 0 Å². The first-order valence-electron chi connectivity index (χ1n) is 20.7. The van der Waals surface area contributed by atoms with Gasteiger partial charge in [-0.3, -0.25) is 4.79 Å². The standard InChI is InChI=1S/C42H64O15.2Na/c1-37(2)23-8-11-42(7)32(21(44)16-19-20-17-39(4,36(52)53)13-12-38(20,3)14-15-41(19,42)6)40(23,5)10-9-24(37)55-35-31(28(48)27(47)30(56-35)33(50)51)57-34-29(49)26(46)25(45)22(18-43)54-34;;/h16,20,22-32,34-35,43,45-49H,8-15,17-18H2,1-7H3,(H,50,51)(H,52,53);;/q;2*+1/p-2/t20-,22+,23-,24-,25+,26-,27-,28-,29+,30-,31+,32+,34-,35-,38+,39-,40-,41+,42+;;/m0../s1. The number of ether oxygens (including phenoxy) is 4. The maximum atomic E-state index is 14.8. The summed E-state index contributed by atoms with van der Waals surface area (Å²) in [5.74, 6) is -3.24. The van der Waals surface area contributed by atoms with Crippen molar-refractivity contribution in [3.63, 3.8) is 0 Å². The van der Waals surface area contributed by atoms with Gasteiger partial charge in [0.15, 0.2) is 18.4 Å². The van der Waals surface area contributed by atoms with Crippen LogP contribution >= 0.6 is 0 Å². The largest absolute Gasteiger partial charge is 1.00 e. The molecule has 7 aliphatic rings. The molecule has 7 rings (SSSR count). The molecule has 0 radical (unpaired) electrons. The number of carbonyl (C=O) groups is 3. The number of hydrogen-bond acceptors (Lipinski definition) is 15. The van der Waals surface area contributed by atoms with E-state index in [1.165, 1.54) is 0 Å². The second-order valence-electron chi connectivity index (χ2n) is 20.5. The summed E-state index contributed by atoms with van der Waals surface area (Å²) in [5.41, 5.74) is -1.90. The molecule has 2 heterocycles. The van der Waals surface area contributed by atoms with Crippen LogP contribution in [0.5, 0.6) is 0 Å². The van der Waals surface area contributed by atoms with Gasteiger partial charge in [-0.15, -0.1) is 0 Å². The second-order valence-corrected chi connectivity index (χ2v) is 20.5. The summed E-state index contributed by atoms with van der Waals surface area (Å²) in [6, 6.07) is 0. The van der Waals surface area contributed by atoms with Crippen LogP contribution in [0.25, 0.3) is 0 Å². The first-order chi connectivity index (χ1) is 26.4. The number of ketones is 1. The third kappa shape index (κ3) is 7.65. The van der Waals surface area contributed by atoms with Crippen molar-refractivity contribution >= 4 is 17.7 Å². The number of aliphatic hydroxyl groups excluding tert-OH is 6. The minimum Gasteiger partial charge on any atom is -0.550 e. The fourth-order valence-corrected chi connectivity index (χ4v) is 13.4. The van der Waals surface area contributed by atoms with E-state index < -0.39 is 108 Å². The molecule has 0 amide bonds. The number of carboxylic acid groups (broad SMARTS) is 2. The Hall–Kier alpha value is -0.0500. The van der Waals surface area contributed by atoms with Crippen molar-refractivity contribution in [2.75, 3.05) is 6.61 Å². The fraction of sp³-hybridized carbons (Fsp3) is 0.881. The first-order valence-corrected chi connectivity index (χ1v) is 20.7. The third-order valence-corrected chi connectivity index (χ3v) is 17.2. The molecule has 6 fully saturated rings. The Morgan fingerprint density at radius 3 is 2.03 bits per heavy atom. The number of hydrogen-bond donors (Lipinski definition) is 6. The first kappa shape index (κ1) is 50.0. The number of rotatable bonds is 7. The van der Waals surface area contributed by atoms with E-state index in [4.69, 9.17) is 18.9 Å². The van der Waals surface area contributed by atoms with Gasteiger partial charge in [-0.1, -0.05) is 54.0 Å². The van der Waals surface area contributed by atoms with Crippen LogP contribution in [0, 0.1) is 50.2 Å². The molecule has 0 aromatic carbocycles. The zero-order valence-corrected chi connectivity index (χ0v) is 40.1. The van der Waals surface area contributed by atoms with Gasteiger partial charge in [0, 0.05) is 17.3 Å². The van der Waals surface area contributed by atoms with Crippen molar-refractivity contribution in [1.82, 2.24) is 0 Å². The minimum atomic E-state index is -2.04. The normalized spacial score (nSPS) is 51.5. The molecule has 17 heteroatoms. The van der Waals surface area contributed by atoms with Crippen LogP contribution < -0.4 is 69.3 Å². The Bertz CT molecular complexity index is 1660. The molecule has 2 saturated heterocycles. The predicted molar refractivity (Wildman–Crippen MR) is 194 cm³/mol. The molecule has 6 N–H and O–H groups in total. The zero-order chi connectivity index (χ0) is 42.0. The van der Waals surface area contributed by atoms with Gasteiger partial charge in [-0.05, 0) is 103 Å². The summed E-state index contributed by atoms with van der Waals surface area (Å²) in [6.45, 7) is 14.1. The summed E-state index contributed by atoms with van der Waals surface area (Å²) < 4.78 is 23.7. The molecule has 59 heavy (non-hydrogen) atoms. The van der Waals surface area contributed by atoms with E-state index in [1.54, 1.807) is 6.92 Å². The molecular weight excluding hydrogens is 790 g/mol. The predicted octanol–water partition coefficient (Wildman–Crippen LogP) is -6.51. The minimum absolute atomic E-state index is 0. The molecule has 2 aliphatic heterocycles. The van der Waals surface area contributed by atoms with Gasteiger partial charge in [0.2, 0.25) is 0 Å². The van der Waals surface area contributed by atoms with Crippen molar-refractivity contribution in [2.45, 2.75) is 174 Å². The number of fused-ring (bicyclic) bond motifs is 7. The van der Waals surface area contributed by atoms with E-state index in [-0.39, 0.29) is 93.5 Å². The number of aliphatic hydroxyl groups is 6. The Morgan fingerprint density at radius 2 is 1.42 bits per heavy atom.